The zero-order valence-electron chi connectivity index (χ0n) is 10.8. The number of anilines is 1. The van der Waals surface area contributed by atoms with Crippen LogP contribution in [0.15, 0.2) is 18.2 Å². The van der Waals surface area contributed by atoms with E-state index in [2.05, 4.69) is 0 Å². The molecule has 0 aliphatic heterocycles. The lowest BCUT2D eigenvalue weighted by Crippen LogP contribution is -2.11. The largest absolute Gasteiger partial charge is 0.492 e. The highest BCUT2D eigenvalue weighted by Crippen LogP contribution is 2.31. The van der Waals surface area contributed by atoms with E-state index in [4.69, 9.17) is 9.47 Å². The summed E-state index contributed by atoms with van der Waals surface area (Å²) in [6.45, 7) is 6.67. The van der Waals surface area contributed by atoms with Gasteiger partial charge in [0, 0.05) is 20.2 Å². The monoisotopic (exact) mass is 223 g/mol. The maximum atomic E-state index is 5.64. The topological polar surface area (TPSA) is 21.7 Å². The molecule has 0 unspecified atom stereocenters. The maximum absolute atomic E-state index is 5.64. The van der Waals surface area contributed by atoms with Gasteiger partial charge in [-0.05, 0) is 32.9 Å². The van der Waals surface area contributed by atoms with Gasteiger partial charge in [0.05, 0.1) is 18.4 Å². The third-order valence-corrected chi connectivity index (χ3v) is 2.08. The Morgan fingerprint density at radius 3 is 2.44 bits per heavy atom. The third-order valence-electron chi connectivity index (χ3n) is 2.08. The normalized spacial score (nSPS) is 10.4. The summed E-state index contributed by atoms with van der Waals surface area (Å²) in [4.78, 5) is 2.03. The van der Waals surface area contributed by atoms with E-state index in [1.165, 1.54) is 0 Å². The predicted octanol–water partition coefficient (Wildman–Crippen LogP) is 2.94. The van der Waals surface area contributed by atoms with E-state index in [9.17, 15) is 0 Å². The van der Waals surface area contributed by atoms with Gasteiger partial charge in [0.1, 0.15) is 11.5 Å². The average molecular weight is 223 g/mol. The Labute approximate surface area is 98.0 Å². The van der Waals surface area contributed by atoms with E-state index >= 15 is 0 Å². The van der Waals surface area contributed by atoms with Crippen molar-refractivity contribution in [2.45, 2.75) is 26.9 Å². The number of hydrogen-bond acceptors (Lipinski definition) is 3. The number of nitrogens with zero attached hydrogens (tertiary/aromatic N) is 1. The zero-order valence-corrected chi connectivity index (χ0v) is 10.8. The van der Waals surface area contributed by atoms with E-state index in [-0.39, 0.29) is 6.10 Å². The summed E-state index contributed by atoms with van der Waals surface area (Å²) in [5.41, 5.74) is 1.07. The van der Waals surface area contributed by atoms with Gasteiger partial charge in [0.2, 0.25) is 0 Å². The molecule has 0 aliphatic carbocycles. The van der Waals surface area contributed by atoms with Crippen molar-refractivity contribution in [1.82, 2.24) is 0 Å². The van der Waals surface area contributed by atoms with Crippen molar-refractivity contribution in [3.63, 3.8) is 0 Å². The second-order valence-electron chi connectivity index (χ2n) is 4.12. The van der Waals surface area contributed by atoms with Crippen LogP contribution in [0.5, 0.6) is 11.5 Å². The molecule has 0 saturated heterocycles. The first-order valence-electron chi connectivity index (χ1n) is 5.65. The lowest BCUT2D eigenvalue weighted by molar-refractivity contribution is 0.240. The molecule has 0 saturated carbocycles. The highest BCUT2D eigenvalue weighted by atomic mass is 16.5. The van der Waals surface area contributed by atoms with Gasteiger partial charge in [-0.2, -0.15) is 0 Å². The van der Waals surface area contributed by atoms with Gasteiger partial charge in [-0.25, -0.2) is 0 Å². The van der Waals surface area contributed by atoms with Crippen molar-refractivity contribution in [2.24, 2.45) is 0 Å². The van der Waals surface area contributed by atoms with Crippen LogP contribution in [-0.2, 0) is 0 Å². The first kappa shape index (κ1) is 12.7. The van der Waals surface area contributed by atoms with Crippen molar-refractivity contribution >= 4 is 5.69 Å². The Morgan fingerprint density at radius 2 is 1.94 bits per heavy atom. The zero-order chi connectivity index (χ0) is 12.1. The van der Waals surface area contributed by atoms with Crippen LogP contribution < -0.4 is 14.4 Å². The van der Waals surface area contributed by atoms with Crippen LogP contribution in [0, 0.1) is 0 Å². The van der Waals surface area contributed by atoms with E-state index in [0.29, 0.717) is 6.61 Å². The van der Waals surface area contributed by atoms with Crippen molar-refractivity contribution in [3.8, 4) is 11.5 Å². The standard InChI is InChI=1S/C13H21NO2/c1-6-15-13-9-11(16-10(2)3)7-8-12(13)14(4)5/h7-10H,6H2,1-5H3. The van der Waals surface area contributed by atoms with Crippen molar-refractivity contribution in [2.75, 3.05) is 25.6 Å². The van der Waals surface area contributed by atoms with E-state index in [1.54, 1.807) is 0 Å². The first-order valence-corrected chi connectivity index (χ1v) is 5.65. The molecule has 1 aromatic carbocycles. The number of rotatable bonds is 5. The summed E-state index contributed by atoms with van der Waals surface area (Å²) in [5.74, 6) is 1.72. The Bertz CT molecular complexity index is 335. The fourth-order valence-electron chi connectivity index (χ4n) is 1.48. The summed E-state index contributed by atoms with van der Waals surface area (Å²) in [6.07, 6.45) is 0.180. The minimum atomic E-state index is 0.180. The summed E-state index contributed by atoms with van der Waals surface area (Å²) in [7, 11) is 4.00. The van der Waals surface area contributed by atoms with Gasteiger partial charge in [0.15, 0.2) is 0 Å². The number of benzene rings is 1. The van der Waals surface area contributed by atoms with Gasteiger partial charge >= 0.3 is 0 Å². The Morgan fingerprint density at radius 1 is 1.25 bits per heavy atom. The van der Waals surface area contributed by atoms with Gasteiger partial charge in [-0.15, -0.1) is 0 Å². The Hall–Kier alpha value is -1.38. The van der Waals surface area contributed by atoms with E-state index in [0.717, 1.165) is 17.2 Å². The summed E-state index contributed by atoms with van der Waals surface area (Å²) < 4.78 is 11.2. The molecule has 3 heteroatoms. The molecule has 0 radical (unpaired) electrons. The van der Waals surface area contributed by atoms with Crippen LogP contribution in [0.2, 0.25) is 0 Å². The van der Waals surface area contributed by atoms with Gasteiger partial charge in [-0.1, -0.05) is 0 Å². The summed E-state index contributed by atoms with van der Waals surface area (Å²) in [5, 5.41) is 0. The quantitative estimate of drug-likeness (QED) is 0.766. The molecular weight excluding hydrogens is 202 g/mol. The molecule has 0 amide bonds. The average Bonchev–Trinajstić information content (AvgIpc) is 2.17. The van der Waals surface area contributed by atoms with Crippen LogP contribution in [0.1, 0.15) is 20.8 Å². The molecule has 0 fully saturated rings. The molecule has 3 nitrogen and oxygen atoms in total. The number of ether oxygens (including phenoxy) is 2. The van der Waals surface area contributed by atoms with Crippen molar-refractivity contribution < 1.29 is 9.47 Å². The molecular formula is C13H21NO2. The van der Waals surface area contributed by atoms with Crippen LogP contribution in [0.25, 0.3) is 0 Å². The van der Waals surface area contributed by atoms with Crippen molar-refractivity contribution in [1.29, 1.82) is 0 Å². The fraction of sp³-hybridized carbons (Fsp3) is 0.538. The second-order valence-corrected chi connectivity index (χ2v) is 4.12. The molecule has 16 heavy (non-hydrogen) atoms. The fourth-order valence-corrected chi connectivity index (χ4v) is 1.48. The van der Waals surface area contributed by atoms with Crippen LogP contribution in [-0.4, -0.2) is 26.8 Å². The Balaban J connectivity index is 2.97. The summed E-state index contributed by atoms with van der Waals surface area (Å²) in [6, 6.07) is 5.93. The second kappa shape index (κ2) is 5.64. The highest BCUT2D eigenvalue weighted by Gasteiger charge is 2.08. The van der Waals surface area contributed by atoms with E-state index in [1.807, 2.05) is 58.0 Å². The molecule has 0 heterocycles. The molecule has 0 N–H and O–H groups in total. The first-order chi connectivity index (χ1) is 7.54. The van der Waals surface area contributed by atoms with Gasteiger partial charge < -0.3 is 14.4 Å². The molecule has 1 aromatic rings. The molecule has 1 rings (SSSR count). The molecule has 0 aliphatic rings. The molecule has 0 aromatic heterocycles. The lowest BCUT2D eigenvalue weighted by Gasteiger charge is -2.19. The molecule has 90 valence electrons. The minimum Gasteiger partial charge on any atom is -0.492 e. The van der Waals surface area contributed by atoms with Crippen molar-refractivity contribution in [3.05, 3.63) is 18.2 Å². The maximum Gasteiger partial charge on any atom is 0.146 e. The van der Waals surface area contributed by atoms with Crippen LogP contribution in [0.4, 0.5) is 5.69 Å². The smallest absolute Gasteiger partial charge is 0.146 e. The van der Waals surface area contributed by atoms with Gasteiger partial charge in [0.25, 0.3) is 0 Å². The van der Waals surface area contributed by atoms with Crippen LogP contribution >= 0.6 is 0 Å². The van der Waals surface area contributed by atoms with Crippen LogP contribution in [0.3, 0.4) is 0 Å². The lowest BCUT2D eigenvalue weighted by atomic mass is 10.2. The molecule has 0 spiro atoms. The third kappa shape index (κ3) is 3.33. The molecule has 0 atom stereocenters. The Kier molecular flexibility index (Phi) is 4.47. The summed E-state index contributed by atoms with van der Waals surface area (Å²) >= 11 is 0. The number of hydrogen-bond donors (Lipinski definition) is 0. The highest BCUT2D eigenvalue weighted by molar-refractivity contribution is 5.60. The van der Waals surface area contributed by atoms with E-state index < -0.39 is 0 Å². The van der Waals surface area contributed by atoms with Gasteiger partial charge in [-0.3, -0.25) is 0 Å². The molecule has 0 bridgehead atoms. The predicted molar refractivity (Wildman–Crippen MR) is 67.7 cm³/mol. The SMILES string of the molecule is CCOc1cc(OC(C)C)ccc1N(C)C. The minimum absolute atomic E-state index is 0.180.